The van der Waals surface area contributed by atoms with E-state index in [1.165, 1.54) is 39.5 Å². The molecule has 1 aliphatic heterocycles. The summed E-state index contributed by atoms with van der Waals surface area (Å²) in [7, 11) is 6.00. The summed E-state index contributed by atoms with van der Waals surface area (Å²) in [6.07, 6.45) is 0. The number of carbonyl (C=O) groups excluding carboxylic acids is 2. The molecule has 0 unspecified atom stereocenters. The fourth-order valence-electron chi connectivity index (χ4n) is 3.48. The molecule has 35 heavy (non-hydrogen) atoms. The molecule has 0 radical (unpaired) electrons. The molecule has 3 aromatic rings. The first-order chi connectivity index (χ1) is 17.0. The van der Waals surface area contributed by atoms with Crippen molar-refractivity contribution in [2.75, 3.05) is 35.2 Å². The van der Waals surface area contributed by atoms with Crippen molar-refractivity contribution in [2.45, 2.75) is 0 Å². The van der Waals surface area contributed by atoms with Gasteiger partial charge in [0.25, 0.3) is 0 Å². The van der Waals surface area contributed by atoms with Crippen LogP contribution in [-0.2, 0) is 0 Å². The summed E-state index contributed by atoms with van der Waals surface area (Å²) >= 11 is 0. The van der Waals surface area contributed by atoms with Crippen LogP contribution in [0.1, 0.15) is 31.8 Å². The maximum Gasteiger partial charge on any atom is 0.234 e. The van der Waals surface area contributed by atoms with Gasteiger partial charge in [-0.1, -0.05) is 11.8 Å². The van der Waals surface area contributed by atoms with Gasteiger partial charge in [0.05, 0.1) is 28.4 Å². The third kappa shape index (κ3) is 4.84. The number of ketones is 2. The molecular formula is C27H22O8. The Morgan fingerprint density at radius 3 is 2.00 bits per heavy atom. The molecule has 0 amide bonds. The first kappa shape index (κ1) is 23.5. The highest BCUT2D eigenvalue weighted by atomic mass is 16.7. The Morgan fingerprint density at radius 2 is 1.37 bits per heavy atom. The van der Waals surface area contributed by atoms with Crippen LogP contribution in [0.25, 0.3) is 0 Å². The molecule has 0 saturated heterocycles. The first-order valence-corrected chi connectivity index (χ1v) is 10.5. The second-order valence-electron chi connectivity index (χ2n) is 7.33. The molecule has 0 N–H and O–H groups in total. The lowest BCUT2D eigenvalue weighted by Gasteiger charge is -2.09. The van der Waals surface area contributed by atoms with Crippen LogP contribution in [0, 0.1) is 11.8 Å². The van der Waals surface area contributed by atoms with Crippen molar-refractivity contribution in [2.24, 2.45) is 0 Å². The van der Waals surface area contributed by atoms with Gasteiger partial charge in [0, 0.05) is 34.4 Å². The molecule has 0 saturated carbocycles. The molecule has 8 nitrogen and oxygen atoms in total. The van der Waals surface area contributed by atoms with Crippen LogP contribution in [0.4, 0.5) is 0 Å². The van der Waals surface area contributed by atoms with Gasteiger partial charge in [0.2, 0.25) is 18.4 Å². The molecule has 4 rings (SSSR count). The van der Waals surface area contributed by atoms with Gasteiger partial charge in [-0.05, 0) is 36.4 Å². The number of carbonyl (C=O) groups is 2. The lowest BCUT2D eigenvalue weighted by Crippen LogP contribution is -2.16. The number of Topliss-reactive ketones (excluding diaryl/α,β-unsaturated/α-hetero) is 2. The fourth-order valence-corrected chi connectivity index (χ4v) is 3.48. The lowest BCUT2D eigenvalue weighted by molar-refractivity contribution is 0.0816. The maximum atomic E-state index is 13.3. The maximum absolute atomic E-state index is 13.3. The van der Waals surface area contributed by atoms with Gasteiger partial charge < -0.3 is 28.4 Å². The number of benzene rings is 3. The summed E-state index contributed by atoms with van der Waals surface area (Å²) in [5, 5.41) is 0. The normalized spacial score (nSPS) is 11.2. The largest absolute Gasteiger partial charge is 0.497 e. The molecule has 178 valence electrons. The molecule has 0 atom stereocenters. The SMILES string of the molecule is COc1cc(OC)cc(C(=O)C(=O)c2cc3c(cc2C#Cc2ccc(OC)c(OC)c2)OCO3)c1. The Kier molecular flexibility index (Phi) is 6.78. The van der Waals surface area contributed by atoms with Gasteiger partial charge in [0.15, 0.2) is 23.0 Å². The highest BCUT2D eigenvalue weighted by Gasteiger charge is 2.26. The average Bonchev–Trinajstić information content (AvgIpc) is 3.37. The van der Waals surface area contributed by atoms with Crippen LogP contribution in [-0.4, -0.2) is 46.8 Å². The van der Waals surface area contributed by atoms with E-state index in [0.29, 0.717) is 45.6 Å². The quantitative estimate of drug-likeness (QED) is 0.289. The summed E-state index contributed by atoms with van der Waals surface area (Å²) in [6.45, 7) is 0.0105. The third-order valence-electron chi connectivity index (χ3n) is 5.30. The van der Waals surface area contributed by atoms with Crippen LogP contribution >= 0.6 is 0 Å². The van der Waals surface area contributed by atoms with Gasteiger partial charge in [-0.15, -0.1) is 0 Å². The second kappa shape index (κ2) is 10.1. The van der Waals surface area contributed by atoms with Crippen LogP contribution < -0.4 is 28.4 Å². The van der Waals surface area contributed by atoms with Crippen LogP contribution in [0.3, 0.4) is 0 Å². The summed E-state index contributed by atoms with van der Waals surface area (Å²) in [5.41, 5.74) is 1.16. The minimum Gasteiger partial charge on any atom is -0.497 e. The van der Waals surface area contributed by atoms with E-state index < -0.39 is 11.6 Å². The lowest BCUT2D eigenvalue weighted by atomic mass is 9.96. The summed E-state index contributed by atoms with van der Waals surface area (Å²) in [4.78, 5) is 26.5. The Balaban J connectivity index is 1.75. The number of ether oxygens (including phenoxy) is 6. The fraction of sp³-hybridized carbons (Fsp3) is 0.185. The molecule has 0 aliphatic carbocycles. The predicted octanol–water partition coefficient (Wildman–Crippen LogP) is 3.92. The van der Waals surface area contributed by atoms with Crippen LogP contribution in [0.2, 0.25) is 0 Å². The summed E-state index contributed by atoms with van der Waals surface area (Å²) in [5.74, 6) is 7.15. The molecule has 0 spiro atoms. The Labute approximate surface area is 202 Å². The van der Waals surface area contributed by atoms with Gasteiger partial charge in [-0.2, -0.15) is 0 Å². The average molecular weight is 474 g/mol. The van der Waals surface area contributed by atoms with Crippen molar-refractivity contribution < 1.29 is 38.0 Å². The van der Waals surface area contributed by atoms with Crippen molar-refractivity contribution >= 4 is 11.6 Å². The van der Waals surface area contributed by atoms with E-state index in [9.17, 15) is 9.59 Å². The van der Waals surface area contributed by atoms with Gasteiger partial charge >= 0.3 is 0 Å². The smallest absolute Gasteiger partial charge is 0.234 e. The first-order valence-electron chi connectivity index (χ1n) is 10.5. The predicted molar refractivity (Wildman–Crippen MR) is 126 cm³/mol. The Bertz CT molecular complexity index is 1340. The standard InChI is InChI=1S/C27H22O8/c1-30-19-10-18(11-20(13-19)31-2)26(28)27(29)21-14-25-24(34-15-35-25)12-17(21)7-5-16-6-8-22(32-3)23(9-16)33-4/h6,8-14H,15H2,1-4H3. The van der Waals surface area contributed by atoms with Crippen molar-refractivity contribution in [1.29, 1.82) is 0 Å². The molecular weight excluding hydrogens is 452 g/mol. The topological polar surface area (TPSA) is 89.5 Å². The number of hydrogen-bond acceptors (Lipinski definition) is 8. The van der Waals surface area contributed by atoms with Gasteiger partial charge in [-0.3, -0.25) is 9.59 Å². The van der Waals surface area contributed by atoms with Crippen molar-refractivity contribution in [3.8, 4) is 46.3 Å². The zero-order valence-corrected chi connectivity index (χ0v) is 19.6. The minimum absolute atomic E-state index is 0.0105. The molecule has 0 aromatic heterocycles. The number of hydrogen-bond donors (Lipinski definition) is 0. The number of rotatable bonds is 7. The third-order valence-corrected chi connectivity index (χ3v) is 5.30. The molecule has 1 aliphatic rings. The zero-order valence-electron chi connectivity index (χ0n) is 19.6. The molecule has 8 heteroatoms. The highest BCUT2D eigenvalue weighted by Crippen LogP contribution is 2.35. The van der Waals surface area contributed by atoms with Crippen molar-refractivity contribution in [1.82, 2.24) is 0 Å². The molecule has 1 heterocycles. The summed E-state index contributed by atoms with van der Waals surface area (Å²) < 4.78 is 31.9. The second-order valence-corrected chi connectivity index (χ2v) is 7.33. The van der Waals surface area contributed by atoms with Gasteiger partial charge in [0.1, 0.15) is 11.5 Å². The van der Waals surface area contributed by atoms with E-state index in [0.717, 1.165) is 0 Å². The Morgan fingerprint density at radius 1 is 0.714 bits per heavy atom. The minimum atomic E-state index is -0.754. The summed E-state index contributed by atoms with van der Waals surface area (Å²) in [6, 6.07) is 12.8. The zero-order chi connectivity index (χ0) is 24.9. The van der Waals surface area contributed by atoms with E-state index in [-0.39, 0.29) is 17.9 Å². The van der Waals surface area contributed by atoms with E-state index in [1.54, 1.807) is 37.4 Å². The van der Waals surface area contributed by atoms with E-state index in [1.807, 2.05) is 0 Å². The molecule has 0 bridgehead atoms. The van der Waals surface area contributed by atoms with Crippen molar-refractivity contribution in [3.05, 3.63) is 70.8 Å². The highest BCUT2D eigenvalue weighted by molar-refractivity contribution is 6.49. The van der Waals surface area contributed by atoms with E-state index >= 15 is 0 Å². The number of methoxy groups -OCH3 is 4. The van der Waals surface area contributed by atoms with Crippen LogP contribution in [0.5, 0.6) is 34.5 Å². The van der Waals surface area contributed by atoms with E-state index in [2.05, 4.69) is 11.8 Å². The number of fused-ring (bicyclic) bond motifs is 1. The monoisotopic (exact) mass is 474 g/mol. The Hall–Kier alpha value is -4.64. The van der Waals surface area contributed by atoms with Gasteiger partial charge in [-0.25, -0.2) is 0 Å². The molecule has 3 aromatic carbocycles. The van der Waals surface area contributed by atoms with Crippen molar-refractivity contribution in [3.63, 3.8) is 0 Å². The van der Waals surface area contributed by atoms with Crippen LogP contribution in [0.15, 0.2) is 48.5 Å². The van der Waals surface area contributed by atoms with E-state index in [4.69, 9.17) is 28.4 Å². The molecule has 0 fully saturated rings.